The molecule has 0 N–H and O–H groups in total. The molecule has 1 saturated heterocycles. The largest absolute Gasteiger partial charge is 0.481 e. The molecule has 0 aliphatic carbocycles. The molecule has 2 aromatic carbocycles. The van der Waals surface area contributed by atoms with Gasteiger partial charge in [-0.15, -0.1) is 0 Å². The average Bonchev–Trinajstić information content (AvgIpc) is 3.16. The highest BCUT2D eigenvalue weighted by molar-refractivity contribution is 6.30. The smallest absolute Gasteiger partial charge is 0.263 e. The first-order chi connectivity index (χ1) is 12.5. The zero-order chi connectivity index (χ0) is 18.5. The molecule has 0 aromatic heterocycles. The standard InChI is InChI=1S/C21H25ClN2O2/c1-16(26-19-10-7-9-18(22)14-19)21(25)23(2)15-17-8-3-4-11-20(17)24-12-5-6-13-24/h3-4,7-11,14,16H,5-6,12-13,15H2,1-2H3. The number of amides is 1. The first kappa shape index (κ1) is 18.6. The molecule has 1 atom stereocenters. The van der Waals surface area contributed by atoms with Crippen molar-refractivity contribution in [2.24, 2.45) is 0 Å². The van der Waals surface area contributed by atoms with Crippen molar-refractivity contribution in [3.05, 3.63) is 59.1 Å². The van der Waals surface area contributed by atoms with E-state index in [-0.39, 0.29) is 5.91 Å². The van der Waals surface area contributed by atoms with E-state index in [1.54, 1.807) is 30.0 Å². The highest BCUT2D eigenvalue weighted by atomic mass is 35.5. The first-order valence-electron chi connectivity index (χ1n) is 9.04. The molecule has 1 amide bonds. The van der Waals surface area contributed by atoms with Crippen LogP contribution in [-0.2, 0) is 11.3 Å². The van der Waals surface area contributed by atoms with Gasteiger partial charge in [-0.25, -0.2) is 0 Å². The van der Waals surface area contributed by atoms with E-state index in [2.05, 4.69) is 23.1 Å². The van der Waals surface area contributed by atoms with Crippen molar-refractivity contribution >= 4 is 23.2 Å². The third kappa shape index (κ3) is 4.50. The van der Waals surface area contributed by atoms with Crippen LogP contribution in [0.5, 0.6) is 5.75 Å². The summed E-state index contributed by atoms with van der Waals surface area (Å²) < 4.78 is 5.76. The van der Waals surface area contributed by atoms with Crippen molar-refractivity contribution in [3.63, 3.8) is 0 Å². The van der Waals surface area contributed by atoms with Crippen LogP contribution in [0.15, 0.2) is 48.5 Å². The van der Waals surface area contributed by atoms with Crippen LogP contribution in [0.25, 0.3) is 0 Å². The summed E-state index contributed by atoms with van der Waals surface area (Å²) >= 11 is 5.98. The van der Waals surface area contributed by atoms with Crippen molar-refractivity contribution < 1.29 is 9.53 Å². The van der Waals surface area contributed by atoms with Crippen molar-refractivity contribution in [3.8, 4) is 5.75 Å². The van der Waals surface area contributed by atoms with Gasteiger partial charge in [0, 0.05) is 37.4 Å². The Kier molecular flexibility index (Phi) is 6.04. The molecule has 26 heavy (non-hydrogen) atoms. The van der Waals surface area contributed by atoms with Crippen LogP contribution in [0.2, 0.25) is 5.02 Å². The van der Waals surface area contributed by atoms with Gasteiger partial charge in [0.1, 0.15) is 5.75 Å². The van der Waals surface area contributed by atoms with Crippen LogP contribution in [-0.4, -0.2) is 37.0 Å². The van der Waals surface area contributed by atoms with Gasteiger partial charge >= 0.3 is 0 Å². The van der Waals surface area contributed by atoms with E-state index in [0.717, 1.165) is 13.1 Å². The van der Waals surface area contributed by atoms with Gasteiger partial charge in [-0.2, -0.15) is 0 Å². The van der Waals surface area contributed by atoms with Crippen molar-refractivity contribution in [2.45, 2.75) is 32.4 Å². The summed E-state index contributed by atoms with van der Waals surface area (Å²) in [5.41, 5.74) is 2.40. The molecule has 4 nitrogen and oxygen atoms in total. The Labute approximate surface area is 160 Å². The second kappa shape index (κ2) is 8.45. The molecule has 2 aromatic rings. The molecule has 0 radical (unpaired) electrons. The minimum atomic E-state index is -0.572. The molecule has 1 aliphatic rings. The third-order valence-corrected chi connectivity index (χ3v) is 4.91. The number of nitrogens with zero attached hydrogens (tertiary/aromatic N) is 2. The number of anilines is 1. The summed E-state index contributed by atoms with van der Waals surface area (Å²) in [6.45, 7) is 4.51. The molecular weight excluding hydrogens is 348 g/mol. The predicted octanol–water partition coefficient (Wildman–Crippen LogP) is 4.37. The number of likely N-dealkylation sites (N-methyl/N-ethyl adjacent to an activating group) is 1. The monoisotopic (exact) mass is 372 g/mol. The SMILES string of the molecule is CC(Oc1cccc(Cl)c1)C(=O)N(C)Cc1ccccc1N1CCCC1. The molecule has 1 aliphatic heterocycles. The number of carbonyl (C=O) groups is 1. The van der Waals surface area contributed by atoms with Gasteiger partial charge in [0.25, 0.3) is 5.91 Å². The van der Waals surface area contributed by atoms with Gasteiger partial charge in [0.15, 0.2) is 6.10 Å². The Balaban J connectivity index is 1.65. The Bertz CT molecular complexity index is 759. The fraction of sp³-hybridized carbons (Fsp3) is 0.381. The summed E-state index contributed by atoms with van der Waals surface area (Å²) in [4.78, 5) is 16.9. The average molecular weight is 373 g/mol. The zero-order valence-electron chi connectivity index (χ0n) is 15.3. The van der Waals surface area contributed by atoms with E-state index in [9.17, 15) is 4.79 Å². The highest BCUT2D eigenvalue weighted by Crippen LogP contribution is 2.26. The van der Waals surface area contributed by atoms with Gasteiger partial charge in [0.2, 0.25) is 0 Å². The number of ether oxygens (including phenoxy) is 1. The summed E-state index contributed by atoms with van der Waals surface area (Å²) in [6, 6.07) is 15.4. The summed E-state index contributed by atoms with van der Waals surface area (Å²) in [5, 5.41) is 0.593. The lowest BCUT2D eigenvalue weighted by Crippen LogP contribution is -2.37. The maximum atomic E-state index is 12.7. The Morgan fingerprint density at radius 3 is 2.65 bits per heavy atom. The maximum Gasteiger partial charge on any atom is 0.263 e. The van der Waals surface area contributed by atoms with Crippen molar-refractivity contribution in [1.29, 1.82) is 0 Å². The topological polar surface area (TPSA) is 32.8 Å². The number of hydrogen-bond donors (Lipinski definition) is 0. The molecule has 3 rings (SSSR count). The quantitative estimate of drug-likeness (QED) is 0.755. The lowest BCUT2D eigenvalue weighted by Gasteiger charge is -2.26. The second-order valence-corrected chi connectivity index (χ2v) is 7.17. The molecule has 138 valence electrons. The number of carbonyl (C=O) groups excluding carboxylic acids is 1. The van der Waals surface area contributed by atoms with E-state index in [1.807, 2.05) is 19.2 Å². The zero-order valence-corrected chi connectivity index (χ0v) is 16.1. The number of para-hydroxylation sites is 1. The van der Waals surface area contributed by atoms with Gasteiger partial charge in [-0.1, -0.05) is 35.9 Å². The molecule has 1 unspecified atom stereocenters. The number of benzene rings is 2. The van der Waals surface area contributed by atoms with Crippen LogP contribution in [0, 0.1) is 0 Å². The second-order valence-electron chi connectivity index (χ2n) is 6.73. The van der Waals surface area contributed by atoms with Crippen molar-refractivity contribution in [1.82, 2.24) is 4.90 Å². The van der Waals surface area contributed by atoms with Crippen LogP contribution in [0.1, 0.15) is 25.3 Å². The van der Waals surface area contributed by atoms with Gasteiger partial charge in [-0.05, 0) is 49.6 Å². The molecule has 1 fully saturated rings. The lowest BCUT2D eigenvalue weighted by molar-refractivity contribution is -0.137. The molecule has 0 bridgehead atoms. The van der Waals surface area contributed by atoms with E-state index in [0.29, 0.717) is 17.3 Å². The van der Waals surface area contributed by atoms with E-state index < -0.39 is 6.10 Å². The van der Waals surface area contributed by atoms with Crippen LogP contribution < -0.4 is 9.64 Å². The van der Waals surface area contributed by atoms with E-state index in [1.165, 1.54) is 24.1 Å². The number of hydrogen-bond acceptors (Lipinski definition) is 3. The molecule has 5 heteroatoms. The third-order valence-electron chi connectivity index (χ3n) is 4.68. The molecule has 0 spiro atoms. The predicted molar refractivity (Wildman–Crippen MR) is 106 cm³/mol. The minimum absolute atomic E-state index is 0.0544. The van der Waals surface area contributed by atoms with Gasteiger partial charge in [0.05, 0.1) is 0 Å². The Morgan fingerprint density at radius 1 is 1.19 bits per heavy atom. The van der Waals surface area contributed by atoms with Crippen LogP contribution in [0.4, 0.5) is 5.69 Å². The van der Waals surface area contributed by atoms with Crippen LogP contribution >= 0.6 is 11.6 Å². The molecule has 1 heterocycles. The fourth-order valence-corrected chi connectivity index (χ4v) is 3.53. The van der Waals surface area contributed by atoms with Crippen molar-refractivity contribution in [2.75, 3.05) is 25.0 Å². The first-order valence-corrected chi connectivity index (χ1v) is 9.42. The summed E-state index contributed by atoms with van der Waals surface area (Å²) in [5.74, 6) is 0.547. The summed E-state index contributed by atoms with van der Waals surface area (Å²) in [6.07, 6.45) is 1.89. The van der Waals surface area contributed by atoms with Crippen LogP contribution in [0.3, 0.4) is 0 Å². The lowest BCUT2D eigenvalue weighted by atomic mass is 10.1. The van der Waals surface area contributed by atoms with Gasteiger partial charge in [-0.3, -0.25) is 4.79 Å². The fourth-order valence-electron chi connectivity index (χ4n) is 3.35. The summed E-state index contributed by atoms with van der Waals surface area (Å²) in [7, 11) is 1.82. The Morgan fingerprint density at radius 2 is 1.92 bits per heavy atom. The number of halogens is 1. The minimum Gasteiger partial charge on any atom is -0.481 e. The highest BCUT2D eigenvalue weighted by Gasteiger charge is 2.22. The van der Waals surface area contributed by atoms with E-state index >= 15 is 0 Å². The molecule has 0 saturated carbocycles. The van der Waals surface area contributed by atoms with Gasteiger partial charge < -0.3 is 14.5 Å². The Hall–Kier alpha value is -2.20. The maximum absolute atomic E-state index is 12.7. The number of rotatable bonds is 6. The van der Waals surface area contributed by atoms with E-state index in [4.69, 9.17) is 16.3 Å². The normalized spacial score (nSPS) is 15.0. The molecular formula is C21H25ClN2O2.